The van der Waals surface area contributed by atoms with E-state index in [9.17, 15) is 27.9 Å². The molecule has 6 fully saturated rings. The van der Waals surface area contributed by atoms with E-state index in [1.54, 1.807) is 14.0 Å². The topological polar surface area (TPSA) is 197 Å². The smallest absolute Gasteiger partial charge is 0.408 e. The third kappa shape index (κ3) is 8.07. The van der Waals surface area contributed by atoms with Crippen molar-refractivity contribution in [2.24, 2.45) is 29.6 Å². The standard InChI is InChI=1S/C45H60N6O10S/c1-26-7-5-6-8-31-24-45(31,42(54)48-62(57,58)44(3)11-12-44)47-39(52)36-23-34(25-50(36)41(53)38(27(2)17-26)51(43(55)56)32-19-28-18-29(28)20-32)61-40-35-10-9-33(59-4)21-30(35)22-37(46-40)49-13-15-60-16-14-49/h6,8-10,21-22,26-29,31-32,34,36,38H,5,7,11-20,23-25H2,1-4H3,(H,47,52)(H,48,54)(H,55,56)/b8-6-/t26-,27+,28-,29?,31+,32?,34+,36-,38-,45+/m0/s1. The van der Waals surface area contributed by atoms with Crippen molar-refractivity contribution in [3.63, 3.8) is 0 Å². The molecule has 10 atom stereocenters. The zero-order valence-electron chi connectivity index (χ0n) is 36.1. The molecule has 16 nitrogen and oxygen atoms in total. The molecule has 0 bridgehead atoms. The summed E-state index contributed by atoms with van der Waals surface area (Å²) < 4.78 is 45.9. The molecule has 7 aliphatic rings. The Morgan fingerprint density at radius 2 is 1.79 bits per heavy atom. The van der Waals surface area contributed by atoms with Crippen molar-refractivity contribution in [3.8, 4) is 11.6 Å². The fourth-order valence-corrected chi connectivity index (χ4v) is 12.0. The SMILES string of the molecule is COc1ccc2c(O[C@@H]3C[C@H]4C(=O)N[C@]5(C(=O)NS(=O)(=O)C6(C)CC6)C[C@H]5/C=C\CC[C@H](C)C[C@@H](C)[C@H](N(C(=O)O)C5CC6C[C@H]6C5)C(=O)N4C3)nc(N3CCOCC3)cc2c1. The Labute approximate surface area is 363 Å². The van der Waals surface area contributed by atoms with Crippen LogP contribution in [0.15, 0.2) is 36.4 Å². The molecule has 2 aromatic rings. The minimum Gasteiger partial charge on any atom is -0.497 e. The number of carboxylic acid groups (broad SMARTS) is 1. The van der Waals surface area contributed by atoms with Crippen molar-refractivity contribution in [3.05, 3.63) is 36.4 Å². The van der Waals surface area contributed by atoms with Crippen LogP contribution in [-0.4, -0.2) is 127 Å². The Morgan fingerprint density at radius 3 is 2.48 bits per heavy atom. The van der Waals surface area contributed by atoms with Crippen LogP contribution in [0.25, 0.3) is 10.8 Å². The Kier molecular flexibility index (Phi) is 11.1. The van der Waals surface area contributed by atoms with E-state index in [1.807, 2.05) is 43.3 Å². The fourth-order valence-electron chi connectivity index (χ4n) is 10.7. The van der Waals surface area contributed by atoms with E-state index < -0.39 is 68.2 Å². The largest absolute Gasteiger partial charge is 0.497 e. The van der Waals surface area contributed by atoms with E-state index >= 15 is 4.79 Å². The number of nitrogens with one attached hydrogen (secondary N) is 2. The van der Waals surface area contributed by atoms with Crippen LogP contribution in [-0.2, 0) is 29.1 Å². The number of benzene rings is 1. The highest BCUT2D eigenvalue weighted by molar-refractivity contribution is 7.91. The van der Waals surface area contributed by atoms with Crippen molar-refractivity contribution < 1.29 is 46.9 Å². The van der Waals surface area contributed by atoms with E-state index in [1.165, 1.54) is 9.80 Å². The number of morpholine rings is 1. The molecule has 62 heavy (non-hydrogen) atoms. The lowest BCUT2D eigenvalue weighted by Crippen LogP contribution is -2.61. The van der Waals surface area contributed by atoms with Gasteiger partial charge in [-0.15, -0.1) is 0 Å². The molecular weight excluding hydrogens is 817 g/mol. The van der Waals surface area contributed by atoms with Crippen molar-refractivity contribution >= 4 is 50.4 Å². The summed E-state index contributed by atoms with van der Waals surface area (Å²) in [4.78, 5) is 67.8. The molecule has 0 spiro atoms. The van der Waals surface area contributed by atoms with Crippen LogP contribution < -0.4 is 24.4 Å². The molecule has 17 heteroatoms. The molecule has 4 amide bonds. The number of methoxy groups -OCH3 is 1. The summed E-state index contributed by atoms with van der Waals surface area (Å²) in [6.07, 6.45) is 7.50. The van der Waals surface area contributed by atoms with Crippen LogP contribution in [0.5, 0.6) is 11.6 Å². The van der Waals surface area contributed by atoms with E-state index in [0.717, 1.165) is 18.2 Å². The first-order chi connectivity index (χ1) is 29.6. The van der Waals surface area contributed by atoms with Gasteiger partial charge in [-0.3, -0.25) is 24.0 Å². The van der Waals surface area contributed by atoms with Gasteiger partial charge in [0.1, 0.15) is 35.3 Å². The monoisotopic (exact) mass is 876 g/mol. The second-order valence-electron chi connectivity index (χ2n) is 19.4. The number of amides is 4. The van der Waals surface area contributed by atoms with Crippen LogP contribution in [0.1, 0.15) is 85.0 Å². The zero-order valence-corrected chi connectivity index (χ0v) is 36.9. The maximum atomic E-state index is 15.4. The Bertz CT molecular complexity index is 2250. The minimum atomic E-state index is -4.03. The highest BCUT2D eigenvalue weighted by Gasteiger charge is 2.63. The molecule has 336 valence electrons. The number of sulfonamides is 1. The van der Waals surface area contributed by atoms with Crippen LogP contribution in [0.2, 0.25) is 0 Å². The quantitative estimate of drug-likeness (QED) is 0.300. The summed E-state index contributed by atoms with van der Waals surface area (Å²) in [6, 6.07) is 4.99. The lowest BCUT2D eigenvalue weighted by Gasteiger charge is -2.40. The number of allylic oxidation sites excluding steroid dienone is 1. The molecule has 2 saturated heterocycles. The first kappa shape index (κ1) is 42.7. The van der Waals surface area contributed by atoms with Crippen LogP contribution in [0.4, 0.5) is 10.6 Å². The number of ether oxygens (including phenoxy) is 3. The van der Waals surface area contributed by atoms with Gasteiger partial charge in [-0.25, -0.2) is 13.2 Å². The van der Waals surface area contributed by atoms with Gasteiger partial charge in [0.2, 0.25) is 27.7 Å². The van der Waals surface area contributed by atoms with Gasteiger partial charge >= 0.3 is 6.09 Å². The molecule has 1 aromatic heterocycles. The van der Waals surface area contributed by atoms with Gasteiger partial charge in [-0.05, 0) is 118 Å². The fraction of sp³-hybridized carbons (Fsp3) is 0.667. The number of hydrogen-bond acceptors (Lipinski definition) is 11. The van der Waals surface area contributed by atoms with Crippen LogP contribution in [0.3, 0.4) is 0 Å². The first-order valence-electron chi connectivity index (χ1n) is 22.4. The third-order valence-electron chi connectivity index (χ3n) is 14.9. The Morgan fingerprint density at radius 1 is 1.05 bits per heavy atom. The van der Waals surface area contributed by atoms with Crippen LogP contribution >= 0.6 is 0 Å². The molecule has 1 aromatic carbocycles. The second-order valence-corrected chi connectivity index (χ2v) is 21.6. The molecule has 4 aliphatic carbocycles. The number of anilines is 1. The highest BCUT2D eigenvalue weighted by atomic mass is 32.2. The van der Waals surface area contributed by atoms with Gasteiger partial charge in [0.05, 0.1) is 31.6 Å². The third-order valence-corrected chi connectivity index (χ3v) is 17.1. The minimum absolute atomic E-state index is 0.0193. The first-order valence-corrected chi connectivity index (χ1v) is 23.9. The molecule has 4 heterocycles. The van der Waals surface area contributed by atoms with Gasteiger partial charge in [-0.1, -0.05) is 26.0 Å². The Balaban J connectivity index is 1.09. The number of carbonyl (C=O) groups is 4. The zero-order chi connectivity index (χ0) is 43.7. The maximum Gasteiger partial charge on any atom is 0.408 e. The second kappa shape index (κ2) is 16.2. The number of pyridine rings is 1. The lowest BCUT2D eigenvalue weighted by molar-refractivity contribution is -0.145. The van der Waals surface area contributed by atoms with Gasteiger partial charge in [-0.2, -0.15) is 4.98 Å². The number of rotatable bonds is 9. The Hall–Kier alpha value is -4.64. The van der Waals surface area contributed by atoms with E-state index in [0.29, 0.717) is 99.5 Å². The summed E-state index contributed by atoms with van der Waals surface area (Å²) in [5.41, 5.74) is -1.56. The van der Waals surface area contributed by atoms with E-state index in [4.69, 9.17) is 19.2 Å². The highest BCUT2D eigenvalue weighted by Crippen LogP contribution is 2.54. The van der Waals surface area contributed by atoms with Crippen molar-refractivity contribution in [2.45, 2.75) is 119 Å². The number of fused-ring (bicyclic) bond motifs is 4. The van der Waals surface area contributed by atoms with Crippen molar-refractivity contribution in [2.75, 3.05) is 44.9 Å². The van der Waals surface area contributed by atoms with Gasteiger partial charge < -0.3 is 34.4 Å². The molecule has 0 radical (unpaired) electrons. The van der Waals surface area contributed by atoms with Gasteiger partial charge in [0.25, 0.3) is 5.91 Å². The van der Waals surface area contributed by atoms with Crippen molar-refractivity contribution in [1.82, 2.24) is 24.8 Å². The van der Waals surface area contributed by atoms with Gasteiger partial charge in [0.15, 0.2) is 0 Å². The predicted molar refractivity (Wildman–Crippen MR) is 229 cm³/mol. The molecule has 3 N–H and O–H groups in total. The molecule has 2 unspecified atom stereocenters. The number of aromatic nitrogens is 1. The number of hydrogen-bond donors (Lipinski definition) is 3. The molecule has 4 saturated carbocycles. The summed E-state index contributed by atoms with van der Waals surface area (Å²) in [5.74, 6) is -0.0803. The average molecular weight is 877 g/mol. The van der Waals surface area contributed by atoms with E-state index in [-0.39, 0.29) is 37.3 Å². The lowest BCUT2D eigenvalue weighted by atomic mass is 9.86. The molecule has 3 aliphatic heterocycles. The normalized spacial score (nSPS) is 34.7. The summed E-state index contributed by atoms with van der Waals surface area (Å²) in [7, 11) is -2.43. The van der Waals surface area contributed by atoms with Crippen molar-refractivity contribution in [1.29, 1.82) is 0 Å². The predicted octanol–water partition coefficient (Wildman–Crippen LogP) is 4.46. The van der Waals surface area contributed by atoms with Gasteiger partial charge in [0, 0.05) is 36.9 Å². The average Bonchev–Trinajstić information content (AvgIpc) is 4.20. The van der Waals surface area contributed by atoms with Crippen LogP contribution in [0, 0.1) is 29.6 Å². The maximum absolute atomic E-state index is 15.4. The number of nitrogens with zero attached hydrogens (tertiary/aromatic N) is 4. The summed E-state index contributed by atoms with van der Waals surface area (Å²) >= 11 is 0. The summed E-state index contributed by atoms with van der Waals surface area (Å²) in [5, 5.41) is 15.4. The van der Waals surface area contributed by atoms with E-state index in [2.05, 4.69) is 21.9 Å². The molecule has 9 rings (SSSR count). The molecular formula is C45H60N6O10S. The number of carbonyl (C=O) groups excluding carboxylic acids is 3. The summed E-state index contributed by atoms with van der Waals surface area (Å²) in [6.45, 7) is 7.93.